The highest BCUT2D eigenvalue weighted by Crippen LogP contribution is 2.44. The second-order valence-electron chi connectivity index (χ2n) is 7.32. The first-order valence-electron chi connectivity index (χ1n) is 8.85. The molecule has 2 aliphatic carbocycles. The summed E-state index contributed by atoms with van der Waals surface area (Å²) in [5.74, 6) is -1.09. The van der Waals surface area contributed by atoms with Gasteiger partial charge in [0.15, 0.2) is 17.5 Å². The van der Waals surface area contributed by atoms with Crippen LogP contribution in [0.2, 0.25) is 0 Å². The molecule has 0 aromatic heterocycles. The molecule has 0 aliphatic heterocycles. The molecule has 0 amide bonds. The Labute approximate surface area is 136 Å². The largest absolute Gasteiger partial charge is 0.204 e. The topological polar surface area (TPSA) is 0 Å². The Bertz CT molecular complexity index is 527. The Morgan fingerprint density at radius 1 is 0.783 bits per heavy atom. The number of benzene rings is 1. The van der Waals surface area contributed by atoms with Crippen LogP contribution in [0.15, 0.2) is 24.8 Å². The van der Waals surface area contributed by atoms with Crippen LogP contribution >= 0.6 is 0 Å². The fraction of sp³-hybridized carbons (Fsp3) is 0.600. The molecule has 3 rings (SSSR count). The summed E-state index contributed by atoms with van der Waals surface area (Å²) in [7, 11) is 0. The fourth-order valence-corrected chi connectivity index (χ4v) is 4.59. The molecule has 23 heavy (non-hydrogen) atoms. The van der Waals surface area contributed by atoms with Gasteiger partial charge in [0.2, 0.25) is 0 Å². The van der Waals surface area contributed by atoms with Gasteiger partial charge in [-0.2, -0.15) is 0 Å². The minimum atomic E-state index is -1.36. The van der Waals surface area contributed by atoms with Gasteiger partial charge in [0, 0.05) is 0 Å². The van der Waals surface area contributed by atoms with Gasteiger partial charge in [-0.3, -0.25) is 0 Å². The summed E-state index contributed by atoms with van der Waals surface area (Å²) < 4.78 is 39.9. The summed E-state index contributed by atoms with van der Waals surface area (Å²) in [5, 5.41) is 0. The number of allylic oxidation sites excluding steroid dienone is 1. The minimum absolute atomic E-state index is 0.167. The number of hydrogen-bond donors (Lipinski definition) is 0. The zero-order chi connectivity index (χ0) is 16.4. The number of rotatable bonds is 3. The van der Waals surface area contributed by atoms with Crippen LogP contribution in [0.3, 0.4) is 0 Å². The molecule has 1 aromatic rings. The highest BCUT2D eigenvalue weighted by atomic mass is 19.2. The van der Waals surface area contributed by atoms with Gasteiger partial charge in [-0.15, -0.1) is 6.58 Å². The Kier molecular flexibility index (Phi) is 5.13. The fourth-order valence-electron chi connectivity index (χ4n) is 4.59. The van der Waals surface area contributed by atoms with Crippen LogP contribution in [-0.2, 0) is 0 Å². The van der Waals surface area contributed by atoms with Crippen molar-refractivity contribution < 1.29 is 13.2 Å². The van der Waals surface area contributed by atoms with Crippen molar-refractivity contribution in [3.8, 4) is 0 Å². The Morgan fingerprint density at radius 3 is 1.74 bits per heavy atom. The zero-order valence-corrected chi connectivity index (χ0v) is 13.5. The molecule has 0 N–H and O–H groups in total. The number of halogens is 3. The van der Waals surface area contributed by atoms with Crippen molar-refractivity contribution in [1.29, 1.82) is 0 Å². The van der Waals surface area contributed by atoms with E-state index >= 15 is 0 Å². The van der Waals surface area contributed by atoms with E-state index in [-0.39, 0.29) is 5.92 Å². The maximum atomic E-state index is 13.4. The molecule has 0 nitrogen and oxygen atoms in total. The van der Waals surface area contributed by atoms with E-state index in [9.17, 15) is 13.2 Å². The van der Waals surface area contributed by atoms with Crippen molar-refractivity contribution in [3.05, 3.63) is 47.8 Å². The molecule has 3 heteroatoms. The van der Waals surface area contributed by atoms with Gasteiger partial charge in [-0.05, 0) is 92.7 Å². The molecule has 0 atom stereocenters. The summed E-state index contributed by atoms with van der Waals surface area (Å²) >= 11 is 0. The lowest BCUT2D eigenvalue weighted by Crippen LogP contribution is -2.25. The third-order valence-electron chi connectivity index (χ3n) is 6.07. The van der Waals surface area contributed by atoms with E-state index in [1.54, 1.807) is 0 Å². The molecule has 126 valence electrons. The van der Waals surface area contributed by atoms with Crippen molar-refractivity contribution in [2.24, 2.45) is 17.8 Å². The SMILES string of the molecule is C=C[C@H]1CC[C@H](C2CCC(c3cc(F)c(F)c(F)c3)CC2)CC1. The second-order valence-corrected chi connectivity index (χ2v) is 7.32. The van der Waals surface area contributed by atoms with Crippen LogP contribution < -0.4 is 0 Å². The molecule has 2 fully saturated rings. The van der Waals surface area contributed by atoms with Crippen LogP contribution in [0.1, 0.15) is 62.8 Å². The molecule has 0 heterocycles. The standard InChI is InChI=1S/C20H25F3/c1-2-13-3-5-14(6-4-13)15-7-9-16(10-8-15)17-11-18(21)20(23)19(22)12-17/h2,11-16H,1,3-10H2/t13-,14-,15?,16?. The smallest absolute Gasteiger partial charge is 0.194 e. The molecule has 0 spiro atoms. The lowest BCUT2D eigenvalue weighted by atomic mass is 9.68. The third kappa shape index (κ3) is 3.64. The second kappa shape index (κ2) is 7.11. The van der Waals surface area contributed by atoms with E-state index in [2.05, 4.69) is 12.7 Å². The molecule has 1 aromatic carbocycles. The van der Waals surface area contributed by atoms with Gasteiger partial charge in [-0.25, -0.2) is 13.2 Å². The van der Waals surface area contributed by atoms with E-state index in [0.717, 1.165) is 37.5 Å². The Morgan fingerprint density at radius 2 is 1.26 bits per heavy atom. The summed E-state index contributed by atoms with van der Waals surface area (Å²) in [5.41, 5.74) is 0.621. The quantitative estimate of drug-likeness (QED) is 0.448. The predicted molar refractivity (Wildman–Crippen MR) is 86.7 cm³/mol. The monoisotopic (exact) mass is 322 g/mol. The van der Waals surface area contributed by atoms with Crippen molar-refractivity contribution in [2.75, 3.05) is 0 Å². The predicted octanol–water partition coefficient (Wildman–Crippen LogP) is 6.37. The molecule has 2 saturated carbocycles. The highest BCUT2D eigenvalue weighted by molar-refractivity contribution is 5.23. The maximum absolute atomic E-state index is 13.4. The first-order chi connectivity index (χ1) is 11.1. The van der Waals surface area contributed by atoms with Gasteiger partial charge in [0.05, 0.1) is 0 Å². The van der Waals surface area contributed by atoms with Gasteiger partial charge in [0.1, 0.15) is 0 Å². The molecule has 0 radical (unpaired) electrons. The first kappa shape index (κ1) is 16.6. The van der Waals surface area contributed by atoms with Crippen LogP contribution in [0.5, 0.6) is 0 Å². The van der Waals surface area contributed by atoms with Crippen molar-refractivity contribution >= 4 is 0 Å². The first-order valence-corrected chi connectivity index (χ1v) is 8.85. The highest BCUT2D eigenvalue weighted by Gasteiger charge is 2.31. The Hall–Kier alpha value is -1.25. The molecule has 2 aliphatic rings. The Balaban J connectivity index is 1.57. The lowest BCUT2D eigenvalue weighted by Gasteiger charge is -2.37. The summed E-state index contributed by atoms with van der Waals surface area (Å²) in [6, 6.07) is 2.36. The maximum Gasteiger partial charge on any atom is 0.194 e. The summed E-state index contributed by atoms with van der Waals surface area (Å²) in [6.45, 7) is 3.90. The van der Waals surface area contributed by atoms with E-state index in [0.29, 0.717) is 11.5 Å². The van der Waals surface area contributed by atoms with Gasteiger partial charge in [-0.1, -0.05) is 6.08 Å². The normalized spacial score (nSPS) is 31.8. The molecular weight excluding hydrogens is 297 g/mol. The van der Waals surface area contributed by atoms with E-state index in [4.69, 9.17) is 0 Å². The molecular formula is C20H25F3. The minimum Gasteiger partial charge on any atom is -0.204 e. The molecule has 0 bridgehead atoms. The molecule has 0 unspecified atom stereocenters. The van der Waals surface area contributed by atoms with Crippen LogP contribution in [0.25, 0.3) is 0 Å². The number of hydrogen-bond acceptors (Lipinski definition) is 0. The summed E-state index contributed by atoms with van der Waals surface area (Å²) in [4.78, 5) is 0. The van der Waals surface area contributed by atoms with Gasteiger partial charge < -0.3 is 0 Å². The van der Waals surface area contributed by atoms with Crippen molar-refractivity contribution in [1.82, 2.24) is 0 Å². The van der Waals surface area contributed by atoms with Crippen molar-refractivity contribution in [3.63, 3.8) is 0 Å². The van der Waals surface area contributed by atoms with Crippen molar-refractivity contribution in [2.45, 2.75) is 57.3 Å². The zero-order valence-electron chi connectivity index (χ0n) is 13.5. The lowest BCUT2D eigenvalue weighted by molar-refractivity contribution is 0.171. The van der Waals surface area contributed by atoms with Crippen LogP contribution in [0, 0.1) is 35.2 Å². The van der Waals surface area contributed by atoms with E-state index in [1.165, 1.54) is 37.8 Å². The third-order valence-corrected chi connectivity index (χ3v) is 6.07. The van der Waals surface area contributed by atoms with Gasteiger partial charge >= 0.3 is 0 Å². The van der Waals surface area contributed by atoms with Crippen LogP contribution in [0.4, 0.5) is 13.2 Å². The van der Waals surface area contributed by atoms with E-state index in [1.807, 2.05) is 0 Å². The van der Waals surface area contributed by atoms with Gasteiger partial charge in [0.25, 0.3) is 0 Å². The average molecular weight is 322 g/mol. The van der Waals surface area contributed by atoms with Crippen LogP contribution in [-0.4, -0.2) is 0 Å². The summed E-state index contributed by atoms with van der Waals surface area (Å²) in [6.07, 6.45) is 11.3. The van der Waals surface area contributed by atoms with E-state index < -0.39 is 17.5 Å². The average Bonchev–Trinajstić information content (AvgIpc) is 2.59. The molecule has 0 saturated heterocycles.